The smallest absolute Gasteiger partial charge is 0.347 e. The molecular weight excluding hydrogens is 460 g/mol. The zero-order valence-electron chi connectivity index (χ0n) is 20.7. The van der Waals surface area contributed by atoms with E-state index in [0.29, 0.717) is 10.6 Å². The second-order valence-corrected chi connectivity index (χ2v) is 9.16. The number of imidazole rings is 1. The van der Waals surface area contributed by atoms with Crippen molar-refractivity contribution in [2.75, 3.05) is 0 Å². The molecule has 2 heterocycles. The van der Waals surface area contributed by atoms with E-state index in [2.05, 4.69) is 38.5 Å². The van der Waals surface area contributed by atoms with Crippen LogP contribution in [0.15, 0.2) is 76.7 Å². The molecule has 0 saturated heterocycles. The lowest BCUT2D eigenvalue weighted by atomic mass is 9.94. The van der Waals surface area contributed by atoms with Crippen LogP contribution in [-0.4, -0.2) is 25.8 Å². The molecule has 0 radical (unpaired) electrons. The van der Waals surface area contributed by atoms with Crippen molar-refractivity contribution in [3.63, 3.8) is 0 Å². The molecule has 0 bridgehead atoms. The molecule has 0 spiro atoms. The second kappa shape index (κ2) is 10.9. The number of aryl methyl sites for hydroxylation is 2. The first-order valence-electron chi connectivity index (χ1n) is 11.9. The average Bonchev–Trinajstić information content (AvgIpc) is 3.33. The van der Waals surface area contributed by atoms with Crippen LogP contribution < -0.4 is 0 Å². The quantitative estimate of drug-likeness (QED) is 0.135. The Hall–Kier alpha value is -3.38. The summed E-state index contributed by atoms with van der Waals surface area (Å²) in [4.78, 5) is 22.9. The number of hydrogen-bond acceptors (Lipinski definition) is 4. The monoisotopic (exact) mass is 490 g/mol. The van der Waals surface area contributed by atoms with Gasteiger partial charge in [-0.25, -0.2) is 9.78 Å². The van der Waals surface area contributed by atoms with Crippen LogP contribution in [-0.2, 0) is 29.6 Å². The third-order valence-corrected chi connectivity index (χ3v) is 6.99. The standard InChI is InChI=1S/C28H31ClN4O2/c1-5-20(14-15-22(29)6-2)28(34)35-31-27-21(18-33-17-16-30-19(33)3)10-9-13-25-26(27)23-11-7-8-12-24(23)32(25)4/h5-8,11-12,14-17,21H,9-10,13,18H2,1-4H3/b15-14-,20-5+,22-6+,31-27+. The summed E-state index contributed by atoms with van der Waals surface area (Å²) in [6.45, 7) is 6.34. The minimum atomic E-state index is -0.514. The maximum atomic E-state index is 12.9. The SMILES string of the molecule is C\C=C(Cl)/C=C\C(=C/C)C(=O)O/N=C1/c2c(n(C)c3ccccc23)CCCC1Cn1ccnc1C. The van der Waals surface area contributed by atoms with Crippen LogP contribution in [0.3, 0.4) is 0 Å². The van der Waals surface area contributed by atoms with E-state index >= 15 is 0 Å². The van der Waals surface area contributed by atoms with Crippen LogP contribution >= 0.6 is 11.6 Å². The topological polar surface area (TPSA) is 61.4 Å². The minimum absolute atomic E-state index is 0.0739. The van der Waals surface area contributed by atoms with E-state index < -0.39 is 5.97 Å². The maximum absolute atomic E-state index is 12.9. The van der Waals surface area contributed by atoms with Gasteiger partial charge in [0.1, 0.15) is 5.82 Å². The number of allylic oxidation sites excluding steroid dienone is 4. The summed E-state index contributed by atoms with van der Waals surface area (Å²) in [7, 11) is 2.10. The van der Waals surface area contributed by atoms with Gasteiger partial charge in [-0.15, -0.1) is 0 Å². The third kappa shape index (κ3) is 5.17. The molecule has 4 rings (SSSR count). The van der Waals surface area contributed by atoms with E-state index in [1.807, 2.05) is 38.4 Å². The van der Waals surface area contributed by atoms with Gasteiger partial charge in [-0.3, -0.25) is 0 Å². The molecule has 1 aliphatic carbocycles. The van der Waals surface area contributed by atoms with E-state index in [0.717, 1.165) is 53.8 Å². The Balaban J connectivity index is 1.77. The van der Waals surface area contributed by atoms with Crippen LogP contribution in [0.1, 0.15) is 43.8 Å². The highest BCUT2D eigenvalue weighted by Crippen LogP contribution is 2.34. The number of carbonyl (C=O) groups is 1. The van der Waals surface area contributed by atoms with Crippen molar-refractivity contribution in [3.8, 4) is 0 Å². The van der Waals surface area contributed by atoms with Gasteiger partial charge >= 0.3 is 5.97 Å². The average molecular weight is 491 g/mol. The van der Waals surface area contributed by atoms with Crippen molar-refractivity contribution >= 4 is 34.2 Å². The highest BCUT2D eigenvalue weighted by molar-refractivity contribution is 6.31. The number of hydrogen-bond donors (Lipinski definition) is 0. The fourth-order valence-corrected chi connectivity index (χ4v) is 4.77. The lowest BCUT2D eigenvalue weighted by Crippen LogP contribution is -2.22. The van der Waals surface area contributed by atoms with Crippen molar-refractivity contribution in [2.45, 2.75) is 46.6 Å². The largest absolute Gasteiger partial charge is 0.365 e. The van der Waals surface area contributed by atoms with Gasteiger partial charge in [-0.2, -0.15) is 0 Å². The van der Waals surface area contributed by atoms with Gasteiger partial charge in [0, 0.05) is 59.1 Å². The van der Waals surface area contributed by atoms with E-state index in [1.165, 1.54) is 5.69 Å². The summed E-state index contributed by atoms with van der Waals surface area (Å²) in [5.41, 5.74) is 4.64. The number of carbonyl (C=O) groups excluding carboxylic acids is 1. The number of aromatic nitrogens is 3. The predicted molar refractivity (Wildman–Crippen MR) is 141 cm³/mol. The normalized spacial score (nSPS) is 18.3. The first-order valence-corrected chi connectivity index (χ1v) is 12.3. The summed E-state index contributed by atoms with van der Waals surface area (Å²) in [6, 6.07) is 8.33. The Bertz CT molecular complexity index is 1360. The van der Waals surface area contributed by atoms with Crippen molar-refractivity contribution < 1.29 is 9.63 Å². The van der Waals surface area contributed by atoms with Gasteiger partial charge < -0.3 is 14.0 Å². The van der Waals surface area contributed by atoms with Crippen LogP contribution in [0, 0.1) is 12.8 Å². The van der Waals surface area contributed by atoms with Crippen LogP contribution in [0.25, 0.3) is 10.9 Å². The fraction of sp³-hybridized carbons (Fsp3) is 0.321. The molecule has 1 unspecified atom stereocenters. The minimum Gasteiger partial charge on any atom is -0.347 e. The predicted octanol–water partition coefficient (Wildman–Crippen LogP) is 6.23. The zero-order chi connectivity index (χ0) is 24.9. The molecule has 0 amide bonds. The molecule has 1 aromatic carbocycles. The van der Waals surface area contributed by atoms with E-state index in [4.69, 9.17) is 16.4 Å². The summed E-state index contributed by atoms with van der Waals surface area (Å²) in [6.07, 6.45) is 13.5. The molecule has 0 N–H and O–H groups in total. The highest BCUT2D eigenvalue weighted by Gasteiger charge is 2.30. The van der Waals surface area contributed by atoms with Gasteiger partial charge in [0.25, 0.3) is 0 Å². The van der Waals surface area contributed by atoms with Crippen molar-refractivity contribution in [2.24, 2.45) is 18.1 Å². The van der Waals surface area contributed by atoms with Gasteiger partial charge in [-0.1, -0.05) is 47.1 Å². The number of halogens is 1. The lowest BCUT2D eigenvalue weighted by molar-refractivity contribution is -0.138. The Labute approximate surface area is 211 Å². The molecule has 1 aliphatic rings. The zero-order valence-corrected chi connectivity index (χ0v) is 21.4. The lowest BCUT2D eigenvalue weighted by Gasteiger charge is -2.18. The number of benzene rings is 1. The first-order chi connectivity index (χ1) is 16.9. The summed E-state index contributed by atoms with van der Waals surface area (Å²) in [5.74, 6) is 0.510. The van der Waals surface area contributed by atoms with E-state index in [1.54, 1.807) is 31.2 Å². The Morgan fingerprint density at radius 2 is 2.06 bits per heavy atom. The molecule has 7 heteroatoms. The number of para-hydroxylation sites is 1. The molecule has 0 saturated carbocycles. The summed E-state index contributed by atoms with van der Waals surface area (Å²) < 4.78 is 4.38. The number of nitrogens with zero attached hydrogens (tertiary/aromatic N) is 4. The van der Waals surface area contributed by atoms with Crippen molar-refractivity contribution in [3.05, 3.63) is 88.7 Å². The molecule has 2 aromatic heterocycles. The van der Waals surface area contributed by atoms with Crippen molar-refractivity contribution in [1.82, 2.24) is 14.1 Å². The first kappa shape index (κ1) is 24.7. The molecule has 0 fully saturated rings. The van der Waals surface area contributed by atoms with Crippen LogP contribution in [0.4, 0.5) is 0 Å². The molecule has 6 nitrogen and oxygen atoms in total. The fourth-order valence-electron chi connectivity index (χ4n) is 4.70. The van der Waals surface area contributed by atoms with Gasteiger partial charge in [-0.05, 0) is 58.3 Å². The third-order valence-electron chi connectivity index (χ3n) is 6.65. The van der Waals surface area contributed by atoms with Crippen molar-refractivity contribution in [1.29, 1.82) is 0 Å². The molecule has 0 aliphatic heterocycles. The second-order valence-electron chi connectivity index (χ2n) is 8.72. The summed E-state index contributed by atoms with van der Waals surface area (Å²) in [5, 5.41) is 6.22. The van der Waals surface area contributed by atoms with Gasteiger partial charge in [0.05, 0.1) is 11.3 Å². The Morgan fingerprint density at radius 1 is 1.26 bits per heavy atom. The van der Waals surface area contributed by atoms with Crippen LogP contribution in [0.5, 0.6) is 0 Å². The molecule has 3 aromatic rings. The number of rotatable bonds is 6. The highest BCUT2D eigenvalue weighted by atomic mass is 35.5. The van der Waals surface area contributed by atoms with E-state index in [9.17, 15) is 4.79 Å². The Kier molecular flexibility index (Phi) is 7.71. The molecular formula is C28H31ClN4O2. The van der Waals surface area contributed by atoms with Gasteiger partial charge in [0.15, 0.2) is 0 Å². The van der Waals surface area contributed by atoms with E-state index in [-0.39, 0.29) is 5.92 Å². The summed E-state index contributed by atoms with van der Waals surface area (Å²) >= 11 is 6.06. The maximum Gasteiger partial charge on any atom is 0.365 e. The molecule has 35 heavy (non-hydrogen) atoms. The Morgan fingerprint density at radius 3 is 2.77 bits per heavy atom. The number of fused-ring (bicyclic) bond motifs is 3. The van der Waals surface area contributed by atoms with Gasteiger partial charge in [0.2, 0.25) is 0 Å². The van der Waals surface area contributed by atoms with Crippen LogP contribution in [0.2, 0.25) is 0 Å². The molecule has 1 atom stereocenters. The number of oxime groups is 1. The molecule has 182 valence electrons.